The van der Waals surface area contributed by atoms with Crippen LogP contribution in [0.2, 0.25) is 0 Å². The third-order valence-corrected chi connectivity index (χ3v) is 5.03. The lowest BCUT2D eigenvalue weighted by Crippen LogP contribution is -2.31. The van der Waals surface area contributed by atoms with Gasteiger partial charge in [0.1, 0.15) is 11.4 Å². The fourth-order valence-corrected chi connectivity index (χ4v) is 3.44. The largest absolute Gasteiger partial charge is 0.343 e. The Labute approximate surface area is 163 Å². The molecule has 3 rings (SSSR count). The molecule has 0 atom stereocenters. The third kappa shape index (κ3) is 4.71. The molecule has 0 aliphatic carbocycles. The van der Waals surface area contributed by atoms with E-state index in [2.05, 4.69) is 10.2 Å². The van der Waals surface area contributed by atoms with Gasteiger partial charge in [0.05, 0.1) is 5.75 Å². The zero-order chi connectivity index (χ0) is 19.1. The Morgan fingerprint density at radius 2 is 1.41 bits per heavy atom. The number of carbonyl (C=O) groups excluding carboxylic acids is 1. The predicted octanol–water partition coefficient (Wildman–Crippen LogP) is 4.17. The van der Waals surface area contributed by atoms with Crippen molar-refractivity contribution in [1.82, 2.24) is 20.1 Å². The minimum absolute atomic E-state index is 0.0852. The molecule has 6 heteroatoms. The van der Waals surface area contributed by atoms with E-state index < -0.39 is 0 Å². The summed E-state index contributed by atoms with van der Waals surface area (Å²) in [7, 11) is 0. The molecular weight excluding hydrogens is 356 g/mol. The van der Waals surface area contributed by atoms with Crippen LogP contribution in [0.1, 0.15) is 13.8 Å². The number of hydrogen-bond acceptors (Lipinski definition) is 5. The van der Waals surface area contributed by atoms with Crippen LogP contribution in [0.5, 0.6) is 0 Å². The van der Waals surface area contributed by atoms with Gasteiger partial charge in [0, 0.05) is 24.2 Å². The normalized spacial score (nSPS) is 10.6. The number of hydrogen-bond donors (Lipinski definition) is 0. The van der Waals surface area contributed by atoms with E-state index in [9.17, 15) is 4.79 Å². The molecule has 27 heavy (non-hydrogen) atoms. The van der Waals surface area contributed by atoms with E-state index >= 15 is 0 Å². The van der Waals surface area contributed by atoms with Crippen molar-refractivity contribution in [2.75, 3.05) is 18.8 Å². The van der Waals surface area contributed by atoms with Crippen molar-refractivity contribution in [2.24, 2.45) is 0 Å². The minimum atomic E-state index is 0.0852. The van der Waals surface area contributed by atoms with E-state index in [0.29, 0.717) is 24.0 Å². The first kappa shape index (κ1) is 19.0. The lowest BCUT2D eigenvalue weighted by atomic mass is 10.0. The first-order chi connectivity index (χ1) is 13.2. The zero-order valence-corrected chi connectivity index (χ0v) is 16.3. The van der Waals surface area contributed by atoms with Gasteiger partial charge in [-0.05, 0) is 13.8 Å². The Bertz CT molecular complexity index is 883. The van der Waals surface area contributed by atoms with Crippen LogP contribution in [0.3, 0.4) is 0 Å². The molecule has 0 saturated carbocycles. The molecule has 0 radical (unpaired) electrons. The number of nitrogens with zero attached hydrogens (tertiary/aromatic N) is 4. The summed E-state index contributed by atoms with van der Waals surface area (Å²) in [6, 6.07) is 19.8. The highest BCUT2D eigenvalue weighted by atomic mass is 32.2. The molecule has 0 spiro atoms. The number of amides is 1. The summed E-state index contributed by atoms with van der Waals surface area (Å²) in [4.78, 5) is 18.8. The van der Waals surface area contributed by atoms with Gasteiger partial charge in [0.15, 0.2) is 0 Å². The molecule has 0 aliphatic heterocycles. The lowest BCUT2D eigenvalue weighted by molar-refractivity contribution is -0.127. The molecule has 1 amide bonds. The smallest absolute Gasteiger partial charge is 0.233 e. The highest BCUT2D eigenvalue weighted by molar-refractivity contribution is 7.99. The fourth-order valence-electron chi connectivity index (χ4n) is 2.75. The van der Waals surface area contributed by atoms with Crippen molar-refractivity contribution >= 4 is 17.7 Å². The number of carbonyl (C=O) groups is 1. The van der Waals surface area contributed by atoms with Gasteiger partial charge >= 0.3 is 0 Å². The molecular formula is C21H22N4OS. The van der Waals surface area contributed by atoms with E-state index in [1.807, 2.05) is 74.5 Å². The summed E-state index contributed by atoms with van der Waals surface area (Å²) < 4.78 is 0. The number of benzene rings is 2. The van der Waals surface area contributed by atoms with Crippen molar-refractivity contribution in [3.63, 3.8) is 0 Å². The molecule has 0 unspecified atom stereocenters. The van der Waals surface area contributed by atoms with E-state index in [1.165, 1.54) is 11.8 Å². The van der Waals surface area contributed by atoms with Crippen molar-refractivity contribution in [3.8, 4) is 22.5 Å². The maximum Gasteiger partial charge on any atom is 0.233 e. The summed E-state index contributed by atoms with van der Waals surface area (Å²) in [5.41, 5.74) is 3.45. The minimum Gasteiger partial charge on any atom is -0.343 e. The third-order valence-electron chi connectivity index (χ3n) is 4.20. The van der Waals surface area contributed by atoms with Crippen molar-refractivity contribution in [3.05, 3.63) is 60.7 Å². The van der Waals surface area contributed by atoms with Crippen LogP contribution in [0.25, 0.3) is 22.5 Å². The quantitative estimate of drug-likeness (QED) is 0.578. The van der Waals surface area contributed by atoms with Gasteiger partial charge in [-0.25, -0.2) is 4.98 Å². The predicted molar refractivity (Wildman–Crippen MR) is 109 cm³/mol. The van der Waals surface area contributed by atoms with E-state index in [1.54, 1.807) is 4.90 Å². The Balaban J connectivity index is 1.91. The second-order valence-corrected chi connectivity index (χ2v) is 6.82. The fraction of sp³-hybridized carbons (Fsp3) is 0.238. The maximum absolute atomic E-state index is 12.3. The van der Waals surface area contributed by atoms with Gasteiger partial charge in [-0.1, -0.05) is 72.4 Å². The summed E-state index contributed by atoms with van der Waals surface area (Å²) in [5.74, 6) is 0.393. The molecule has 0 saturated heterocycles. The van der Waals surface area contributed by atoms with Gasteiger partial charge in [0.2, 0.25) is 11.1 Å². The second-order valence-electron chi connectivity index (χ2n) is 5.88. The zero-order valence-electron chi connectivity index (χ0n) is 15.5. The van der Waals surface area contributed by atoms with E-state index in [-0.39, 0.29) is 5.91 Å². The highest BCUT2D eigenvalue weighted by Crippen LogP contribution is 2.29. The Kier molecular flexibility index (Phi) is 6.54. The Hall–Kier alpha value is -2.73. The number of aromatic nitrogens is 3. The van der Waals surface area contributed by atoms with Gasteiger partial charge < -0.3 is 4.90 Å². The van der Waals surface area contributed by atoms with Crippen LogP contribution in [0, 0.1) is 0 Å². The summed E-state index contributed by atoms with van der Waals surface area (Å²) >= 11 is 1.32. The lowest BCUT2D eigenvalue weighted by Gasteiger charge is -2.17. The van der Waals surface area contributed by atoms with Gasteiger partial charge in [-0.2, -0.15) is 0 Å². The van der Waals surface area contributed by atoms with Gasteiger partial charge in [0.25, 0.3) is 0 Å². The average Bonchev–Trinajstić information content (AvgIpc) is 2.74. The van der Waals surface area contributed by atoms with Crippen molar-refractivity contribution in [1.29, 1.82) is 0 Å². The molecule has 1 heterocycles. The van der Waals surface area contributed by atoms with Crippen LogP contribution in [0.4, 0.5) is 0 Å². The SMILES string of the molecule is CCN(CC)C(=O)CSc1nnc(-c2ccccc2)c(-c2ccccc2)n1. The molecule has 5 nitrogen and oxygen atoms in total. The van der Waals surface area contributed by atoms with Crippen LogP contribution >= 0.6 is 11.8 Å². The molecule has 0 aliphatic rings. The molecule has 3 aromatic rings. The summed E-state index contributed by atoms with van der Waals surface area (Å²) in [6.45, 7) is 5.37. The van der Waals surface area contributed by atoms with Crippen LogP contribution in [0.15, 0.2) is 65.8 Å². The van der Waals surface area contributed by atoms with Crippen LogP contribution < -0.4 is 0 Å². The average molecular weight is 379 g/mol. The van der Waals surface area contributed by atoms with Gasteiger partial charge in [-0.3, -0.25) is 4.79 Å². The first-order valence-corrected chi connectivity index (χ1v) is 9.97. The molecule has 2 aromatic carbocycles. The summed E-state index contributed by atoms with van der Waals surface area (Å²) in [5, 5.41) is 9.19. The monoisotopic (exact) mass is 378 g/mol. The van der Waals surface area contributed by atoms with Gasteiger partial charge in [-0.15, -0.1) is 10.2 Å². The van der Waals surface area contributed by atoms with Crippen molar-refractivity contribution in [2.45, 2.75) is 19.0 Å². The summed E-state index contributed by atoms with van der Waals surface area (Å²) in [6.07, 6.45) is 0. The first-order valence-electron chi connectivity index (χ1n) is 8.99. The number of rotatable bonds is 7. The van der Waals surface area contributed by atoms with E-state index in [0.717, 1.165) is 22.5 Å². The Morgan fingerprint density at radius 1 is 0.852 bits per heavy atom. The van der Waals surface area contributed by atoms with Crippen LogP contribution in [-0.2, 0) is 4.79 Å². The maximum atomic E-state index is 12.3. The number of thioether (sulfide) groups is 1. The van der Waals surface area contributed by atoms with E-state index in [4.69, 9.17) is 4.98 Å². The molecule has 0 fully saturated rings. The van der Waals surface area contributed by atoms with Crippen molar-refractivity contribution < 1.29 is 4.79 Å². The topological polar surface area (TPSA) is 59.0 Å². The molecule has 0 bridgehead atoms. The second kappa shape index (κ2) is 9.28. The van der Waals surface area contributed by atoms with Crippen LogP contribution in [-0.4, -0.2) is 44.8 Å². The molecule has 0 N–H and O–H groups in total. The molecule has 1 aromatic heterocycles. The Morgan fingerprint density at radius 3 is 1.96 bits per heavy atom. The molecule has 138 valence electrons. The highest BCUT2D eigenvalue weighted by Gasteiger charge is 2.15. The standard InChI is InChI=1S/C21H22N4OS/c1-3-25(4-2)18(26)15-27-21-22-19(16-11-7-5-8-12-16)20(23-24-21)17-13-9-6-10-14-17/h5-14H,3-4,15H2,1-2H3.